The second-order valence-electron chi connectivity index (χ2n) is 6.05. The largest absolute Gasteiger partial charge is 0.462 e. The van der Waals surface area contributed by atoms with Crippen LogP contribution in [0, 0.1) is 11.8 Å². The molecule has 3 unspecified atom stereocenters. The van der Waals surface area contributed by atoms with Crippen LogP contribution in [0.1, 0.15) is 30.6 Å². The molecule has 5 heteroatoms. The molecular weight excluding hydrogens is 284 g/mol. The Labute approximate surface area is 127 Å². The molecule has 0 amide bonds. The van der Waals surface area contributed by atoms with Crippen LogP contribution < -0.4 is 0 Å². The van der Waals surface area contributed by atoms with E-state index in [1.807, 2.05) is 18.2 Å². The summed E-state index contributed by atoms with van der Waals surface area (Å²) in [4.78, 5) is 23.4. The Morgan fingerprint density at radius 1 is 1.23 bits per heavy atom. The molecule has 0 bridgehead atoms. The van der Waals surface area contributed by atoms with Gasteiger partial charge in [-0.05, 0) is 17.5 Å². The number of carbonyl (C=O) groups excluding carboxylic acids is 2. The molecule has 114 valence electrons. The predicted molar refractivity (Wildman–Crippen MR) is 75.3 cm³/mol. The molecule has 1 aliphatic carbocycles. The normalized spacial score (nSPS) is 34.3. The molecule has 22 heavy (non-hydrogen) atoms. The number of benzene rings is 1. The molecule has 0 saturated carbocycles. The number of cyclic esters (lactones) is 1. The van der Waals surface area contributed by atoms with Crippen molar-refractivity contribution in [2.24, 2.45) is 11.8 Å². The Morgan fingerprint density at radius 2 is 2.05 bits per heavy atom. The van der Waals surface area contributed by atoms with Crippen LogP contribution in [0.25, 0.3) is 0 Å². The maximum Gasteiger partial charge on any atom is 0.338 e. The Morgan fingerprint density at radius 3 is 2.82 bits per heavy atom. The van der Waals surface area contributed by atoms with Gasteiger partial charge in [0.1, 0.15) is 6.10 Å². The maximum atomic E-state index is 12.1. The number of rotatable bonds is 2. The van der Waals surface area contributed by atoms with Crippen molar-refractivity contribution in [1.29, 1.82) is 0 Å². The van der Waals surface area contributed by atoms with Crippen LogP contribution in [0.5, 0.6) is 0 Å². The van der Waals surface area contributed by atoms with Gasteiger partial charge in [0.25, 0.3) is 0 Å². The molecule has 5 nitrogen and oxygen atoms in total. The van der Waals surface area contributed by atoms with E-state index in [0.29, 0.717) is 12.0 Å². The lowest BCUT2D eigenvalue weighted by Gasteiger charge is -2.10. The molecular formula is C17H16O5. The van der Waals surface area contributed by atoms with E-state index in [9.17, 15) is 9.59 Å². The van der Waals surface area contributed by atoms with Crippen LogP contribution in [-0.4, -0.2) is 18.2 Å². The van der Waals surface area contributed by atoms with E-state index in [1.165, 1.54) is 11.8 Å². The van der Waals surface area contributed by atoms with Crippen LogP contribution in [0.3, 0.4) is 0 Å². The lowest BCUT2D eigenvalue weighted by atomic mass is 9.98. The van der Waals surface area contributed by atoms with Crippen molar-refractivity contribution in [3.05, 3.63) is 47.2 Å². The average Bonchev–Trinajstić information content (AvgIpc) is 3.10. The van der Waals surface area contributed by atoms with E-state index in [4.69, 9.17) is 14.2 Å². The number of carbonyl (C=O) groups is 2. The summed E-state index contributed by atoms with van der Waals surface area (Å²) in [5.74, 6) is -0.785. The lowest BCUT2D eigenvalue weighted by Crippen LogP contribution is -2.11. The number of fused-ring (bicyclic) bond motifs is 3. The monoisotopic (exact) mass is 300 g/mol. The standard InChI is InChI=1S/C17H16O5/c1-9-6-14(21-16(9)18)20-8-13-12-7-10-4-2-3-5-11(10)15(12)22-17(13)19/h2-5,8-9,12,14-15H,6-7H2,1H3/b13-8+/t9?,12?,14-,15?/m0/s1. The Kier molecular flexibility index (Phi) is 2.96. The summed E-state index contributed by atoms with van der Waals surface area (Å²) < 4.78 is 16.1. The fraction of sp³-hybridized carbons (Fsp3) is 0.412. The van der Waals surface area contributed by atoms with Gasteiger partial charge >= 0.3 is 11.9 Å². The van der Waals surface area contributed by atoms with Gasteiger partial charge in [-0.1, -0.05) is 31.2 Å². The third-order valence-electron chi connectivity index (χ3n) is 4.58. The first-order valence-electron chi connectivity index (χ1n) is 7.48. The first-order chi connectivity index (χ1) is 10.6. The first kappa shape index (κ1) is 13.4. The zero-order valence-electron chi connectivity index (χ0n) is 12.2. The van der Waals surface area contributed by atoms with Crippen LogP contribution in [0.2, 0.25) is 0 Å². The Hall–Kier alpha value is -2.30. The molecule has 0 N–H and O–H groups in total. The second kappa shape index (κ2) is 4.87. The molecule has 2 saturated heterocycles. The predicted octanol–water partition coefficient (Wildman–Crippen LogP) is 2.27. The summed E-state index contributed by atoms with van der Waals surface area (Å²) >= 11 is 0. The molecule has 0 aromatic heterocycles. The number of esters is 2. The molecule has 3 aliphatic rings. The Bertz CT molecular complexity index is 677. The highest BCUT2D eigenvalue weighted by molar-refractivity contribution is 5.92. The topological polar surface area (TPSA) is 61.8 Å². The van der Waals surface area contributed by atoms with E-state index in [-0.39, 0.29) is 29.9 Å². The van der Waals surface area contributed by atoms with E-state index >= 15 is 0 Å². The molecule has 1 aromatic carbocycles. The summed E-state index contributed by atoms with van der Waals surface area (Å²) in [5, 5.41) is 0. The summed E-state index contributed by atoms with van der Waals surface area (Å²) in [5.41, 5.74) is 2.80. The van der Waals surface area contributed by atoms with Crippen molar-refractivity contribution in [2.75, 3.05) is 0 Å². The van der Waals surface area contributed by atoms with Gasteiger partial charge in [-0.15, -0.1) is 0 Å². The molecule has 0 spiro atoms. The van der Waals surface area contributed by atoms with Gasteiger partial charge in [-0.2, -0.15) is 0 Å². The van der Waals surface area contributed by atoms with Crippen molar-refractivity contribution in [3.63, 3.8) is 0 Å². The minimum absolute atomic E-state index is 0.0144. The minimum atomic E-state index is -0.606. The number of hydrogen-bond acceptors (Lipinski definition) is 5. The van der Waals surface area contributed by atoms with E-state index in [2.05, 4.69) is 6.07 Å². The number of ether oxygens (including phenoxy) is 3. The van der Waals surface area contributed by atoms with Gasteiger partial charge in [0.15, 0.2) is 0 Å². The fourth-order valence-electron chi connectivity index (χ4n) is 3.36. The van der Waals surface area contributed by atoms with E-state index in [1.54, 1.807) is 6.92 Å². The Balaban J connectivity index is 1.53. The highest BCUT2D eigenvalue weighted by atomic mass is 16.7. The van der Waals surface area contributed by atoms with Gasteiger partial charge < -0.3 is 14.2 Å². The van der Waals surface area contributed by atoms with Crippen LogP contribution in [0.15, 0.2) is 36.1 Å². The van der Waals surface area contributed by atoms with Crippen LogP contribution in [0.4, 0.5) is 0 Å². The van der Waals surface area contributed by atoms with Crippen molar-refractivity contribution in [3.8, 4) is 0 Å². The van der Waals surface area contributed by atoms with Crippen molar-refractivity contribution in [2.45, 2.75) is 32.2 Å². The lowest BCUT2D eigenvalue weighted by molar-refractivity contribution is -0.156. The smallest absolute Gasteiger partial charge is 0.338 e. The zero-order valence-corrected chi connectivity index (χ0v) is 12.2. The van der Waals surface area contributed by atoms with Gasteiger partial charge in [-0.3, -0.25) is 4.79 Å². The molecule has 2 fully saturated rings. The molecule has 4 rings (SSSR count). The van der Waals surface area contributed by atoms with Crippen molar-refractivity contribution >= 4 is 11.9 Å². The van der Waals surface area contributed by atoms with Gasteiger partial charge in [0.05, 0.1) is 17.8 Å². The molecule has 4 atom stereocenters. The third-order valence-corrected chi connectivity index (χ3v) is 4.58. The van der Waals surface area contributed by atoms with Crippen molar-refractivity contribution < 1.29 is 23.8 Å². The molecule has 0 radical (unpaired) electrons. The summed E-state index contributed by atoms with van der Waals surface area (Å²) in [6.07, 6.45) is 1.87. The number of hydrogen-bond donors (Lipinski definition) is 0. The minimum Gasteiger partial charge on any atom is -0.462 e. The van der Waals surface area contributed by atoms with Crippen LogP contribution >= 0.6 is 0 Å². The fourth-order valence-corrected chi connectivity index (χ4v) is 3.36. The highest BCUT2D eigenvalue weighted by Crippen LogP contribution is 2.47. The quantitative estimate of drug-likeness (QED) is 0.476. The summed E-state index contributed by atoms with van der Waals surface area (Å²) in [6, 6.07) is 7.99. The first-order valence-corrected chi connectivity index (χ1v) is 7.48. The summed E-state index contributed by atoms with van der Waals surface area (Å²) in [6.45, 7) is 1.80. The summed E-state index contributed by atoms with van der Waals surface area (Å²) in [7, 11) is 0. The average molecular weight is 300 g/mol. The maximum absolute atomic E-state index is 12.1. The van der Waals surface area contributed by atoms with E-state index in [0.717, 1.165) is 12.0 Å². The van der Waals surface area contributed by atoms with Gasteiger partial charge in [0.2, 0.25) is 6.29 Å². The van der Waals surface area contributed by atoms with Gasteiger partial charge in [-0.25, -0.2) is 4.79 Å². The van der Waals surface area contributed by atoms with Crippen molar-refractivity contribution in [1.82, 2.24) is 0 Å². The molecule has 2 heterocycles. The highest BCUT2D eigenvalue weighted by Gasteiger charge is 2.46. The molecule has 1 aromatic rings. The van der Waals surface area contributed by atoms with Gasteiger partial charge in [0, 0.05) is 12.3 Å². The molecule has 2 aliphatic heterocycles. The van der Waals surface area contributed by atoms with Crippen LogP contribution in [-0.2, 0) is 30.2 Å². The second-order valence-corrected chi connectivity index (χ2v) is 6.05. The zero-order chi connectivity index (χ0) is 15.3. The SMILES string of the molecule is CC1C[C@@H](O/C=C2/C(=O)OC3c4ccccc4CC23)OC1=O. The van der Waals surface area contributed by atoms with E-state index < -0.39 is 6.29 Å². The third kappa shape index (κ3) is 2.00.